The molecule has 27 heavy (non-hydrogen) atoms. The van der Waals surface area contributed by atoms with E-state index in [2.05, 4.69) is 5.32 Å². The van der Waals surface area contributed by atoms with Gasteiger partial charge < -0.3 is 14.8 Å². The molecule has 2 aromatic carbocycles. The molecule has 1 aliphatic rings. The van der Waals surface area contributed by atoms with Crippen molar-refractivity contribution in [2.24, 2.45) is 0 Å². The molecule has 8 heteroatoms. The van der Waals surface area contributed by atoms with Crippen LogP contribution in [0.15, 0.2) is 36.4 Å². The number of anilines is 1. The van der Waals surface area contributed by atoms with Gasteiger partial charge in [0.1, 0.15) is 0 Å². The first-order chi connectivity index (χ1) is 12.8. The summed E-state index contributed by atoms with van der Waals surface area (Å²) in [5, 5.41) is 2.76. The molecule has 0 atom stereocenters. The lowest BCUT2D eigenvalue weighted by Gasteiger charge is -2.26. The molecule has 0 radical (unpaired) electrons. The number of para-hydroxylation sites is 1. The van der Waals surface area contributed by atoms with Crippen LogP contribution < -0.4 is 19.1 Å². The van der Waals surface area contributed by atoms with Crippen LogP contribution in [0.25, 0.3) is 0 Å². The molecule has 0 aliphatic carbocycles. The summed E-state index contributed by atoms with van der Waals surface area (Å²) in [5.74, 6) is 0.823. The van der Waals surface area contributed by atoms with Gasteiger partial charge in [-0.1, -0.05) is 18.2 Å². The van der Waals surface area contributed by atoms with Gasteiger partial charge in [0.25, 0.3) is 5.91 Å². The first-order valence-corrected chi connectivity index (χ1v) is 10.3. The van der Waals surface area contributed by atoms with E-state index in [9.17, 15) is 13.2 Å². The number of rotatable bonds is 6. The highest BCUT2D eigenvalue weighted by Gasteiger charge is 2.21. The second kappa shape index (κ2) is 7.48. The number of carbonyl (C=O) groups excluding carboxylic acids is 1. The second-order valence-electron chi connectivity index (χ2n) is 6.40. The third kappa shape index (κ3) is 4.16. The van der Waals surface area contributed by atoms with E-state index in [1.165, 1.54) is 10.6 Å². The number of hydrogen-bond donors (Lipinski definition) is 1. The lowest BCUT2D eigenvalue weighted by molar-refractivity contribution is 0.0954. The summed E-state index contributed by atoms with van der Waals surface area (Å²) >= 11 is 0. The quantitative estimate of drug-likeness (QED) is 0.818. The normalized spacial score (nSPS) is 12.7. The van der Waals surface area contributed by atoms with Crippen LogP contribution in [0.3, 0.4) is 0 Å². The van der Waals surface area contributed by atoms with E-state index in [1.54, 1.807) is 18.2 Å². The largest absolute Gasteiger partial charge is 0.454 e. The molecular formula is C19H22N2O5S. The Morgan fingerprint density at radius 2 is 1.78 bits per heavy atom. The smallest absolute Gasteiger partial charge is 0.251 e. The van der Waals surface area contributed by atoms with Gasteiger partial charge in [0.05, 0.1) is 18.5 Å². The van der Waals surface area contributed by atoms with Gasteiger partial charge in [-0.3, -0.25) is 9.10 Å². The lowest BCUT2D eigenvalue weighted by Crippen LogP contribution is -2.38. The van der Waals surface area contributed by atoms with E-state index in [0.717, 1.165) is 11.1 Å². The monoisotopic (exact) mass is 390 g/mol. The Hall–Kier alpha value is -2.74. The van der Waals surface area contributed by atoms with E-state index in [-0.39, 0.29) is 25.8 Å². The zero-order chi connectivity index (χ0) is 19.6. The Morgan fingerprint density at radius 1 is 1.11 bits per heavy atom. The van der Waals surface area contributed by atoms with E-state index < -0.39 is 10.0 Å². The molecule has 1 amide bonds. The van der Waals surface area contributed by atoms with E-state index in [0.29, 0.717) is 22.7 Å². The van der Waals surface area contributed by atoms with Crippen LogP contribution in [0.4, 0.5) is 5.69 Å². The van der Waals surface area contributed by atoms with Crippen LogP contribution in [0.2, 0.25) is 0 Å². The van der Waals surface area contributed by atoms with Gasteiger partial charge in [-0.05, 0) is 43.2 Å². The fourth-order valence-corrected chi connectivity index (χ4v) is 4.10. The first-order valence-electron chi connectivity index (χ1n) is 8.49. The second-order valence-corrected chi connectivity index (χ2v) is 8.31. The minimum absolute atomic E-state index is 0.138. The summed E-state index contributed by atoms with van der Waals surface area (Å²) < 4.78 is 36.4. The van der Waals surface area contributed by atoms with Gasteiger partial charge in [-0.25, -0.2) is 8.42 Å². The Balaban J connectivity index is 1.70. The Bertz CT molecular complexity index is 952. The van der Waals surface area contributed by atoms with Gasteiger partial charge in [0.2, 0.25) is 16.8 Å². The number of fused-ring (bicyclic) bond motifs is 1. The summed E-state index contributed by atoms with van der Waals surface area (Å²) in [7, 11) is -3.49. The molecule has 0 unspecified atom stereocenters. The number of nitrogens with zero attached hydrogens (tertiary/aromatic N) is 1. The summed E-state index contributed by atoms with van der Waals surface area (Å²) in [4.78, 5) is 12.4. The molecule has 1 N–H and O–H groups in total. The molecule has 0 spiro atoms. The highest BCUT2D eigenvalue weighted by atomic mass is 32.2. The number of hydrogen-bond acceptors (Lipinski definition) is 5. The first kappa shape index (κ1) is 19.0. The summed E-state index contributed by atoms with van der Waals surface area (Å²) in [6.45, 7) is 4.19. The molecule has 0 saturated heterocycles. The van der Waals surface area contributed by atoms with Crippen LogP contribution in [0.5, 0.6) is 11.5 Å². The summed E-state index contributed by atoms with van der Waals surface area (Å²) in [6, 6.07) is 10.5. The third-order valence-corrected chi connectivity index (χ3v) is 5.49. The van der Waals surface area contributed by atoms with Crippen molar-refractivity contribution in [3.05, 3.63) is 53.1 Å². The zero-order valence-electron chi connectivity index (χ0n) is 15.5. The number of carbonyl (C=O) groups is 1. The van der Waals surface area contributed by atoms with Crippen LogP contribution in [-0.4, -0.2) is 40.5 Å². The SMILES string of the molecule is Cc1cccc(C)c1N(CCNC(=O)c1ccc2c(c1)OCO2)S(C)(=O)=O. The van der Waals surface area contributed by atoms with Crippen molar-refractivity contribution in [3.63, 3.8) is 0 Å². The molecule has 2 aromatic rings. The minimum Gasteiger partial charge on any atom is -0.454 e. The Labute approximate surface area is 158 Å². The molecule has 144 valence electrons. The van der Waals surface area contributed by atoms with E-state index in [4.69, 9.17) is 9.47 Å². The van der Waals surface area contributed by atoms with Crippen molar-refractivity contribution in [3.8, 4) is 11.5 Å². The molecule has 0 fully saturated rings. The summed E-state index contributed by atoms with van der Waals surface area (Å²) in [6.07, 6.45) is 1.17. The third-order valence-electron chi connectivity index (χ3n) is 4.32. The van der Waals surface area contributed by atoms with E-state index in [1.807, 2.05) is 32.0 Å². The molecular weight excluding hydrogens is 368 g/mol. The Kier molecular flexibility index (Phi) is 5.27. The maximum atomic E-state index is 12.4. The summed E-state index contributed by atoms with van der Waals surface area (Å²) in [5.41, 5.74) is 2.81. The minimum atomic E-state index is -3.49. The standard InChI is InChI=1S/C19H22N2O5S/c1-13-5-4-6-14(2)18(13)21(27(3,23)24)10-9-20-19(22)15-7-8-16-17(11-15)26-12-25-16/h4-8,11H,9-10,12H2,1-3H3,(H,20,22). The number of amides is 1. The van der Waals surface area contributed by atoms with Crippen LogP contribution in [-0.2, 0) is 10.0 Å². The van der Waals surface area contributed by atoms with E-state index >= 15 is 0 Å². The predicted octanol–water partition coefficient (Wildman–Crippen LogP) is 2.23. The molecule has 0 bridgehead atoms. The molecule has 1 heterocycles. The van der Waals surface area contributed by atoms with Crippen LogP contribution >= 0.6 is 0 Å². The van der Waals surface area contributed by atoms with Crippen LogP contribution in [0.1, 0.15) is 21.5 Å². The fraction of sp³-hybridized carbons (Fsp3) is 0.316. The maximum Gasteiger partial charge on any atom is 0.251 e. The van der Waals surface area contributed by atoms with Crippen molar-refractivity contribution in [2.75, 3.05) is 30.4 Å². The van der Waals surface area contributed by atoms with Crippen molar-refractivity contribution >= 4 is 21.6 Å². The maximum absolute atomic E-state index is 12.4. The lowest BCUT2D eigenvalue weighted by atomic mass is 10.1. The van der Waals surface area contributed by atoms with Crippen molar-refractivity contribution < 1.29 is 22.7 Å². The molecule has 0 saturated carbocycles. The van der Waals surface area contributed by atoms with Crippen molar-refractivity contribution in [1.82, 2.24) is 5.32 Å². The zero-order valence-corrected chi connectivity index (χ0v) is 16.3. The van der Waals surface area contributed by atoms with Crippen molar-refractivity contribution in [2.45, 2.75) is 13.8 Å². The average Bonchev–Trinajstić information content (AvgIpc) is 3.06. The number of benzene rings is 2. The Morgan fingerprint density at radius 3 is 2.44 bits per heavy atom. The van der Waals surface area contributed by atoms with Gasteiger partial charge in [-0.15, -0.1) is 0 Å². The fourth-order valence-electron chi connectivity index (χ4n) is 3.05. The van der Waals surface area contributed by atoms with Gasteiger partial charge in [0.15, 0.2) is 11.5 Å². The molecule has 1 aliphatic heterocycles. The molecule has 3 rings (SSSR count). The topological polar surface area (TPSA) is 84.9 Å². The molecule has 7 nitrogen and oxygen atoms in total. The van der Waals surface area contributed by atoms with Gasteiger partial charge in [0, 0.05) is 12.1 Å². The van der Waals surface area contributed by atoms with Crippen LogP contribution in [0, 0.1) is 13.8 Å². The average molecular weight is 390 g/mol. The molecule has 0 aromatic heterocycles. The number of ether oxygens (including phenoxy) is 2. The highest BCUT2D eigenvalue weighted by Crippen LogP contribution is 2.32. The van der Waals surface area contributed by atoms with Crippen molar-refractivity contribution in [1.29, 1.82) is 0 Å². The predicted molar refractivity (Wildman–Crippen MR) is 103 cm³/mol. The van der Waals surface area contributed by atoms with Gasteiger partial charge >= 0.3 is 0 Å². The number of aryl methyl sites for hydroxylation is 2. The number of nitrogens with one attached hydrogen (secondary N) is 1. The highest BCUT2D eigenvalue weighted by molar-refractivity contribution is 7.92. The van der Waals surface area contributed by atoms with Gasteiger partial charge in [-0.2, -0.15) is 0 Å². The number of sulfonamides is 1.